The van der Waals surface area contributed by atoms with Crippen molar-refractivity contribution in [2.75, 3.05) is 0 Å². The van der Waals surface area contributed by atoms with E-state index in [0.717, 1.165) is 0 Å². The van der Waals surface area contributed by atoms with Crippen molar-refractivity contribution in [1.82, 2.24) is 0 Å². The van der Waals surface area contributed by atoms with Crippen LogP contribution in [0.2, 0.25) is 0 Å². The van der Waals surface area contributed by atoms with Gasteiger partial charge in [-0.2, -0.15) is 0 Å². The molecule has 1 N–H and O–H groups in total. The molecule has 0 aliphatic heterocycles. The van der Waals surface area contributed by atoms with E-state index in [2.05, 4.69) is 0 Å². The van der Waals surface area contributed by atoms with Crippen molar-refractivity contribution in [2.24, 2.45) is 11.8 Å². The van der Waals surface area contributed by atoms with Gasteiger partial charge in [0.1, 0.15) is 5.60 Å². The lowest BCUT2D eigenvalue weighted by Gasteiger charge is -2.35. The van der Waals surface area contributed by atoms with Gasteiger partial charge in [-0.05, 0) is 20.3 Å². The SMILES string of the molecule is CCC(=O)OC(C)(C)C(CC)C(C)C(=O)O. The molecule has 0 heterocycles. The summed E-state index contributed by atoms with van der Waals surface area (Å²) in [6, 6.07) is 0. The lowest BCUT2D eigenvalue weighted by molar-refractivity contribution is -0.168. The first-order valence-electron chi connectivity index (χ1n) is 5.70. The average Bonchev–Trinajstić information content (AvgIpc) is 2.17. The summed E-state index contributed by atoms with van der Waals surface area (Å²) in [6.07, 6.45) is 0.971. The van der Waals surface area contributed by atoms with E-state index < -0.39 is 17.5 Å². The average molecular weight is 230 g/mol. The van der Waals surface area contributed by atoms with E-state index in [4.69, 9.17) is 9.84 Å². The van der Waals surface area contributed by atoms with Crippen LogP contribution in [0, 0.1) is 11.8 Å². The summed E-state index contributed by atoms with van der Waals surface area (Å²) >= 11 is 0. The van der Waals surface area contributed by atoms with E-state index in [9.17, 15) is 9.59 Å². The second-order valence-electron chi connectivity index (χ2n) is 4.57. The highest BCUT2D eigenvalue weighted by Crippen LogP contribution is 2.31. The summed E-state index contributed by atoms with van der Waals surface area (Å²) in [4.78, 5) is 22.2. The maximum Gasteiger partial charge on any atom is 0.306 e. The van der Waals surface area contributed by atoms with Crippen molar-refractivity contribution < 1.29 is 19.4 Å². The molecule has 94 valence electrons. The van der Waals surface area contributed by atoms with Crippen LogP contribution in [-0.2, 0) is 14.3 Å². The highest BCUT2D eigenvalue weighted by atomic mass is 16.6. The second-order valence-corrected chi connectivity index (χ2v) is 4.57. The molecule has 4 nitrogen and oxygen atoms in total. The molecule has 0 saturated heterocycles. The number of carbonyl (C=O) groups excluding carboxylic acids is 1. The first kappa shape index (κ1) is 14.9. The third kappa shape index (κ3) is 3.83. The lowest BCUT2D eigenvalue weighted by atomic mass is 9.79. The molecule has 0 rings (SSSR count). The van der Waals surface area contributed by atoms with Crippen LogP contribution in [0.5, 0.6) is 0 Å². The van der Waals surface area contributed by atoms with E-state index in [1.165, 1.54) is 0 Å². The van der Waals surface area contributed by atoms with Crippen molar-refractivity contribution in [2.45, 2.75) is 53.1 Å². The summed E-state index contributed by atoms with van der Waals surface area (Å²) in [7, 11) is 0. The smallest absolute Gasteiger partial charge is 0.306 e. The van der Waals surface area contributed by atoms with E-state index in [1.54, 1.807) is 27.7 Å². The van der Waals surface area contributed by atoms with Crippen molar-refractivity contribution >= 4 is 11.9 Å². The van der Waals surface area contributed by atoms with Gasteiger partial charge in [0.15, 0.2) is 0 Å². The minimum Gasteiger partial charge on any atom is -0.481 e. The Bertz CT molecular complexity index is 258. The van der Waals surface area contributed by atoms with Crippen LogP contribution in [0.25, 0.3) is 0 Å². The van der Waals surface area contributed by atoms with Crippen molar-refractivity contribution in [3.8, 4) is 0 Å². The summed E-state index contributed by atoms with van der Waals surface area (Å²) in [6.45, 7) is 8.83. The Kier molecular flexibility index (Phi) is 5.48. The fraction of sp³-hybridized carbons (Fsp3) is 0.833. The molecule has 2 unspecified atom stereocenters. The van der Waals surface area contributed by atoms with E-state index >= 15 is 0 Å². The number of ether oxygens (including phenoxy) is 1. The van der Waals surface area contributed by atoms with E-state index in [1.807, 2.05) is 6.92 Å². The van der Waals surface area contributed by atoms with Gasteiger partial charge in [0.25, 0.3) is 0 Å². The van der Waals surface area contributed by atoms with Crippen LogP contribution in [0.4, 0.5) is 0 Å². The molecule has 0 aromatic carbocycles. The van der Waals surface area contributed by atoms with Gasteiger partial charge in [-0.3, -0.25) is 9.59 Å². The van der Waals surface area contributed by atoms with Crippen LogP contribution < -0.4 is 0 Å². The number of carbonyl (C=O) groups is 2. The molecule has 0 saturated carbocycles. The van der Waals surface area contributed by atoms with Crippen LogP contribution in [-0.4, -0.2) is 22.6 Å². The van der Waals surface area contributed by atoms with Crippen LogP contribution in [0.3, 0.4) is 0 Å². The Balaban J connectivity index is 4.78. The number of hydrogen-bond donors (Lipinski definition) is 1. The summed E-state index contributed by atoms with van der Waals surface area (Å²) in [5.41, 5.74) is -0.736. The fourth-order valence-corrected chi connectivity index (χ4v) is 2.06. The molecule has 0 aromatic rings. The molecule has 16 heavy (non-hydrogen) atoms. The number of rotatable bonds is 6. The minimum absolute atomic E-state index is 0.180. The molecule has 4 heteroatoms. The molecule has 0 fully saturated rings. The van der Waals surface area contributed by atoms with Crippen LogP contribution in [0.15, 0.2) is 0 Å². The van der Waals surface area contributed by atoms with Gasteiger partial charge >= 0.3 is 11.9 Å². The van der Waals surface area contributed by atoms with Gasteiger partial charge < -0.3 is 9.84 Å². The third-order valence-electron chi connectivity index (χ3n) is 2.99. The predicted octanol–water partition coefficient (Wildman–Crippen LogP) is 2.47. The number of carboxylic acid groups (broad SMARTS) is 1. The number of carboxylic acids is 1. The molecule has 0 aliphatic carbocycles. The minimum atomic E-state index is -0.854. The maximum absolute atomic E-state index is 11.3. The summed E-state index contributed by atoms with van der Waals surface area (Å²) in [5.74, 6) is -1.85. The monoisotopic (exact) mass is 230 g/mol. The quantitative estimate of drug-likeness (QED) is 0.712. The fourth-order valence-electron chi connectivity index (χ4n) is 2.06. The van der Waals surface area contributed by atoms with Gasteiger partial charge in [-0.1, -0.05) is 20.8 Å². The highest BCUT2D eigenvalue weighted by Gasteiger charge is 2.38. The van der Waals surface area contributed by atoms with Crippen molar-refractivity contribution in [3.05, 3.63) is 0 Å². The molecule has 0 bridgehead atoms. The largest absolute Gasteiger partial charge is 0.481 e. The van der Waals surface area contributed by atoms with Gasteiger partial charge in [0.05, 0.1) is 5.92 Å². The zero-order valence-corrected chi connectivity index (χ0v) is 10.7. The number of aliphatic carboxylic acids is 1. The molecule has 0 aliphatic rings. The molecule has 0 amide bonds. The van der Waals surface area contributed by atoms with Crippen molar-refractivity contribution in [1.29, 1.82) is 0 Å². The Labute approximate surface area is 97.0 Å². The standard InChI is InChI=1S/C12H22O4/c1-6-9(8(3)11(14)15)12(4,5)16-10(13)7-2/h8-9H,6-7H2,1-5H3,(H,14,15). The van der Waals surface area contributed by atoms with E-state index in [0.29, 0.717) is 12.8 Å². The molecular formula is C12H22O4. The Hall–Kier alpha value is -1.06. The zero-order valence-electron chi connectivity index (χ0n) is 10.7. The van der Waals surface area contributed by atoms with Crippen molar-refractivity contribution in [3.63, 3.8) is 0 Å². The van der Waals surface area contributed by atoms with Gasteiger partial charge in [0, 0.05) is 12.3 Å². The number of hydrogen-bond acceptors (Lipinski definition) is 3. The zero-order chi connectivity index (χ0) is 12.9. The maximum atomic E-state index is 11.3. The van der Waals surface area contributed by atoms with Crippen LogP contribution in [0.1, 0.15) is 47.5 Å². The van der Waals surface area contributed by atoms with Crippen LogP contribution >= 0.6 is 0 Å². The van der Waals surface area contributed by atoms with E-state index in [-0.39, 0.29) is 11.9 Å². The predicted molar refractivity (Wildman–Crippen MR) is 61.0 cm³/mol. The molecule has 2 atom stereocenters. The summed E-state index contributed by atoms with van der Waals surface area (Å²) in [5, 5.41) is 9.00. The summed E-state index contributed by atoms with van der Waals surface area (Å²) < 4.78 is 5.31. The Morgan fingerprint density at radius 3 is 2.12 bits per heavy atom. The lowest BCUT2D eigenvalue weighted by Crippen LogP contribution is -2.42. The van der Waals surface area contributed by atoms with Gasteiger partial charge in [0.2, 0.25) is 0 Å². The third-order valence-corrected chi connectivity index (χ3v) is 2.99. The Morgan fingerprint density at radius 1 is 1.31 bits per heavy atom. The molecule has 0 radical (unpaired) electrons. The molecule has 0 spiro atoms. The molecular weight excluding hydrogens is 208 g/mol. The normalized spacial score (nSPS) is 15.3. The van der Waals surface area contributed by atoms with Gasteiger partial charge in [-0.15, -0.1) is 0 Å². The Morgan fingerprint density at radius 2 is 1.81 bits per heavy atom. The molecule has 0 aromatic heterocycles. The highest BCUT2D eigenvalue weighted by molar-refractivity contribution is 5.71. The van der Waals surface area contributed by atoms with Gasteiger partial charge in [-0.25, -0.2) is 0 Å². The number of esters is 1. The first-order chi connectivity index (χ1) is 7.26. The topological polar surface area (TPSA) is 63.6 Å². The first-order valence-corrected chi connectivity index (χ1v) is 5.70. The second kappa shape index (κ2) is 5.87.